The Morgan fingerprint density at radius 3 is 2.94 bits per heavy atom. The van der Waals surface area contributed by atoms with Crippen LogP contribution >= 0.6 is 15.9 Å². The summed E-state index contributed by atoms with van der Waals surface area (Å²) in [4.78, 5) is 0. The second kappa shape index (κ2) is 6.11. The van der Waals surface area contributed by atoms with E-state index in [4.69, 9.17) is 0 Å². The largest absolute Gasteiger partial charge is 0.311 e. The van der Waals surface area contributed by atoms with Gasteiger partial charge in [-0.1, -0.05) is 22.9 Å². The van der Waals surface area contributed by atoms with E-state index >= 15 is 0 Å². The lowest BCUT2D eigenvalue weighted by Crippen LogP contribution is -2.14. The minimum absolute atomic E-state index is 0.291. The summed E-state index contributed by atoms with van der Waals surface area (Å²) in [6, 6.07) is 6.83. The molecule has 18 heavy (non-hydrogen) atoms. The van der Waals surface area contributed by atoms with Crippen LogP contribution in [0.3, 0.4) is 0 Å². The summed E-state index contributed by atoms with van der Waals surface area (Å²) in [7, 11) is 0. The monoisotopic (exact) mass is 311 g/mol. The first kappa shape index (κ1) is 13.2. The Labute approximate surface area is 114 Å². The van der Waals surface area contributed by atoms with Crippen molar-refractivity contribution in [2.45, 2.75) is 19.9 Å². The van der Waals surface area contributed by atoms with Crippen molar-refractivity contribution in [1.82, 2.24) is 15.1 Å². The molecule has 0 amide bonds. The quantitative estimate of drug-likeness (QED) is 0.859. The van der Waals surface area contributed by atoms with Crippen molar-refractivity contribution in [1.29, 1.82) is 0 Å². The van der Waals surface area contributed by atoms with Gasteiger partial charge in [0.15, 0.2) is 0 Å². The van der Waals surface area contributed by atoms with Crippen LogP contribution in [-0.2, 0) is 6.54 Å². The Morgan fingerprint density at radius 1 is 1.39 bits per heavy atom. The van der Waals surface area contributed by atoms with Gasteiger partial charge in [0.25, 0.3) is 0 Å². The fraction of sp³-hybridized carbons (Fsp3) is 0.308. The van der Waals surface area contributed by atoms with Gasteiger partial charge >= 0.3 is 0 Å². The van der Waals surface area contributed by atoms with Crippen molar-refractivity contribution in [3.8, 4) is 5.69 Å². The predicted octanol–water partition coefficient (Wildman–Crippen LogP) is 3.27. The number of hydrogen-bond acceptors (Lipinski definition) is 2. The summed E-state index contributed by atoms with van der Waals surface area (Å²) < 4.78 is 16.0. The van der Waals surface area contributed by atoms with Gasteiger partial charge in [-0.2, -0.15) is 5.10 Å². The standard InChI is InChI=1S/C13H15BrFN3/c1-2-6-16-9-11-5-7-18(17-11)13-4-3-10(14)8-12(13)15/h3-5,7-8,16H,2,6,9H2,1H3. The number of nitrogens with zero attached hydrogens (tertiary/aromatic N) is 2. The van der Waals surface area contributed by atoms with E-state index in [9.17, 15) is 4.39 Å². The van der Waals surface area contributed by atoms with Crippen molar-refractivity contribution >= 4 is 15.9 Å². The summed E-state index contributed by atoms with van der Waals surface area (Å²) in [6.07, 6.45) is 2.86. The Hall–Kier alpha value is -1.20. The second-order valence-corrected chi connectivity index (χ2v) is 4.94. The topological polar surface area (TPSA) is 29.9 Å². The fourth-order valence-electron chi connectivity index (χ4n) is 1.65. The molecule has 0 atom stereocenters. The molecule has 0 unspecified atom stereocenters. The van der Waals surface area contributed by atoms with Crippen LogP contribution in [-0.4, -0.2) is 16.3 Å². The molecule has 0 aliphatic rings. The molecule has 0 saturated heterocycles. The molecule has 2 aromatic rings. The number of halogens is 2. The van der Waals surface area contributed by atoms with Gasteiger partial charge in [0, 0.05) is 17.2 Å². The third kappa shape index (κ3) is 3.17. The zero-order valence-electron chi connectivity index (χ0n) is 10.2. The first-order valence-corrected chi connectivity index (χ1v) is 6.70. The maximum Gasteiger partial charge on any atom is 0.149 e. The van der Waals surface area contributed by atoms with Crippen LogP contribution in [0, 0.1) is 5.82 Å². The van der Waals surface area contributed by atoms with Gasteiger partial charge in [0.2, 0.25) is 0 Å². The molecule has 96 valence electrons. The van der Waals surface area contributed by atoms with Gasteiger partial charge in [-0.05, 0) is 37.2 Å². The van der Waals surface area contributed by atoms with Crippen molar-refractivity contribution in [2.24, 2.45) is 0 Å². The van der Waals surface area contributed by atoms with Crippen LogP contribution in [0.5, 0.6) is 0 Å². The zero-order chi connectivity index (χ0) is 13.0. The minimum atomic E-state index is -0.291. The first-order chi connectivity index (χ1) is 8.70. The fourth-order valence-corrected chi connectivity index (χ4v) is 1.98. The molecule has 5 heteroatoms. The van der Waals surface area contributed by atoms with E-state index in [0.717, 1.165) is 23.1 Å². The van der Waals surface area contributed by atoms with E-state index in [1.165, 1.54) is 6.07 Å². The Kier molecular flexibility index (Phi) is 4.49. The number of aromatic nitrogens is 2. The lowest BCUT2D eigenvalue weighted by atomic mass is 10.3. The minimum Gasteiger partial charge on any atom is -0.311 e. The first-order valence-electron chi connectivity index (χ1n) is 5.91. The number of nitrogens with one attached hydrogen (secondary N) is 1. The second-order valence-electron chi connectivity index (χ2n) is 4.02. The highest BCUT2D eigenvalue weighted by Gasteiger charge is 2.06. The number of hydrogen-bond donors (Lipinski definition) is 1. The van der Waals surface area contributed by atoms with E-state index in [1.54, 1.807) is 23.0 Å². The van der Waals surface area contributed by atoms with Crippen molar-refractivity contribution in [2.75, 3.05) is 6.54 Å². The third-order valence-corrected chi connectivity index (χ3v) is 3.03. The van der Waals surface area contributed by atoms with E-state index in [2.05, 4.69) is 33.3 Å². The smallest absolute Gasteiger partial charge is 0.149 e. The highest BCUT2D eigenvalue weighted by atomic mass is 79.9. The van der Waals surface area contributed by atoms with E-state index < -0.39 is 0 Å². The van der Waals surface area contributed by atoms with Gasteiger partial charge in [0.05, 0.1) is 5.69 Å². The van der Waals surface area contributed by atoms with Gasteiger partial charge in [0.1, 0.15) is 11.5 Å². The Balaban J connectivity index is 2.13. The SMILES string of the molecule is CCCNCc1ccn(-c2ccc(Br)cc2F)n1. The van der Waals surface area contributed by atoms with Crippen LogP contribution in [0.4, 0.5) is 4.39 Å². The molecular weight excluding hydrogens is 297 g/mol. The average molecular weight is 312 g/mol. The van der Waals surface area contributed by atoms with E-state index in [0.29, 0.717) is 12.2 Å². The van der Waals surface area contributed by atoms with Crippen molar-refractivity contribution < 1.29 is 4.39 Å². The molecular formula is C13H15BrFN3. The molecule has 0 saturated carbocycles. The molecule has 0 bridgehead atoms. The summed E-state index contributed by atoms with van der Waals surface area (Å²) in [6.45, 7) is 3.78. The summed E-state index contributed by atoms with van der Waals surface area (Å²) in [5.41, 5.74) is 1.37. The zero-order valence-corrected chi connectivity index (χ0v) is 11.7. The van der Waals surface area contributed by atoms with Crippen LogP contribution in [0.15, 0.2) is 34.9 Å². The molecule has 0 aliphatic heterocycles. The average Bonchev–Trinajstić information content (AvgIpc) is 2.78. The molecule has 0 spiro atoms. The molecule has 2 rings (SSSR count). The third-order valence-electron chi connectivity index (χ3n) is 2.53. The van der Waals surface area contributed by atoms with E-state index in [-0.39, 0.29) is 5.82 Å². The van der Waals surface area contributed by atoms with Gasteiger partial charge in [-0.25, -0.2) is 9.07 Å². The maximum absolute atomic E-state index is 13.7. The Bertz CT molecular complexity index is 525. The molecule has 0 aliphatic carbocycles. The normalized spacial score (nSPS) is 10.8. The number of rotatable bonds is 5. The summed E-state index contributed by atoms with van der Waals surface area (Å²) in [5, 5.41) is 7.60. The van der Waals surface area contributed by atoms with Crippen molar-refractivity contribution in [3.05, 3.63) is 46.4 Å². The van der Waals surface area contributed by atoms with Crippen LogP contribution < -0.4 is 5.32 Å². The molecule has 3 nitrogen and oxygen atoms in total. The lowest BCUT2D eigenvalue weighted by Gasteiger charge is -2.03. The Morgan fingerprint density at radius 2 is 2.22 bits per heavy atom. The molecule has 1 heterocycles. The lowest BCUT2D eigenvalue weighted by molar-refractivity contribution is 0.605. The maximum atomic E-state index is 13.7. The van der Waals surface area contributed by atoms with Gasteiger partial charge in [-0.3, -0.25) is 0 Å². The van der Waals surface area contributed by atoms with Crippen LogP contribution in [0.25, 0.3) is 5.69 Å². The molecule has 1 N–H and O–H groups in total. The molecule has 0 fully saturated rings. The molecule has 1 aromatic heterocycles. The highest BCUT2D eigenvalue weighted by molar-refractivity contribution is 9.10. The predicted molar refractivity (Wildman–Crippen MR) is 73.2 cm³/mol. The van der Waals surface area contributed by atoms with Crippen LogP contribution in [0.2, 0.25) is 0 Å². The van der Waals surface area contributed by atoms with E-state index in [1.807, 2.05) is 6.07 Å². The van der Waals surface area contributed by atoms with Gasteiger partial charge in [-0.15, -0.1) is 0 Å². The summed E-state index contributed by atoms with van der Waals surface area (Å²) in [5.74, 6) is -0.291. The molecule has 0 radical (unpaired) electrons. The van der Waals surface area contributed by atoms with Crippen molar-refractivity contribution in [3.63, 3.8) is 0 Å². The van der Waals surface area contributed by atoms with Crippen LogP contribution in [0.1, 0.15) is 19.0 Å². The summed E-state index contributed by atoms with van der Waals surface area (Å²) >= 11 is 3.24. The highest BCUT2D eigenvalue weighted by Crippen LogP contribution is 2.18. The molecule has 1 aromatic carbocycles. The number of benzene rings is 1. The van der Waals surface area contributed by atoms with Gasteiger partial charge < -0.3 is 5.32 Å².